The molecular formula is C15H14N4O2S2. The van der Waals surface area contributed by atoms with Crippen LogP contribution in [0.25, 0.3) is 10.7 Å². The van der Waals surface area contributed by atoms with Gasteiger partial charge in [0.2, 0.25) is 4.77 Å². The Bertz CT molecular complexity index is 881. The first kappa shape index (κ1) is 15.4. The van der Waals surface area contributed by atoms with Crippen LogP contribution in [0.2, 0.25) is 0 Å². The highest BCUT2D eigenvalue weighted by Crippen LogP contribution is 2.24. The van der Waals surface area contributed by atoms with Crippen LogP contribution in [0.15, 0.2) is 40.8 Å². The molecule has 8 heteroatoms. The lowest BCUT2D eigenvalue weighted by atomic mass is 10.2. The number of aromatic nitrogens is 3. The standard InChI is InChI=1S/C15H14N4O2S2/c1-20-11-5-6-12(21-2)10(8-11)9-16-19-14(17-18-15(19)22)13-4-3-7-23-13/h3-9H,1-2H3,(H,18,22)/b16-9+. The van der Waals surface area contributed by atoms with Crippen LogP contribution in [-0.4, -0.2) is 35.3 Å². The minimum atomic E-state index is 0.423. The zero-order valence-corrected chi connectivity index (χ0v) is 14.1. The summed E-state index contributed by atoms with van der Waals surface area (Å²) in [5.74, 6) is 2.09. The highest BCUT2D eigenvalue weighted by Gasteiger charge is 2.09. The van der Waals surface area contributed by atoms with Gasteiger partial charge in [0, 0.05) is 5.56 Å². The molecule has 3 rings (SSSR count). The average molecular weight is 346 g/mol. The molecule has 118 valence electrons. The molecule has 0 aliphatic rings. The smallest absolute Gasteiger partial charge is 0.216 e. The third-order valence-electron chi connectivity index (χ3n) is 3.14. The number of H-pyrrole nitrogens is 1. The predicted octanol–water partition coefficient (Wildman–Crippen LogP) is 3.57. The van der Waals surface area contributed by atoms with Gasteiger partial charge < -0.3 is 9.47 Å². The van der Waals surface area contributed by atoms with Crippen LogP contribution in [-0.2, 0) is 0 Å². The molecule has 23 heavy (non-hydrogen) atoms. The number of rotatable bonds is 5. The first-order valence-electron chi connectivity index (χ1n) is 6.70. The summed E-state index contributed by atoms with van der Waals surface area (Å²) < 4.78 is 12.6. The Morgan fingerprint density at radius 3 is 2.87 bits per heavy atom. The van der Waals surface area contributed by atoms with Gasteiger partial charge in [0.1, 0.15) is 11.5 Å². The Labute approximate surface area is 142 Å². The van der Waals surface area contributed by atoms with Crippen molar-refractivity contribution in [2.24, 2.45) is 5.10 Å². The molecule has 1 aromatic carbocycles. The topological polar surface area (TPSA) is 64.4 Å². The SMILES string of the molecule is COc1ccc(OC)c(/C=N/n2c(-c3cccs3)n[nH]c2=S)c1. The van der Waals surface area contributed by atoms with E-state index in [9.17, 15) is 0 Å². The van der Waals surface area contributed by atoms with Crippen molar-refractivity contribution in [2.75, 3.05) is 14.2 Å². The van der Waals surface area contributed by atoms with E-state index in [1.165, 1.54) is 0 Å². The molecule has 2 heterocycles. The largest absolute Gasteiger partial charge is 0.497 e. The van der Waals surface area contributed by atoms with E-state index in [0.29, 0.717) is 16.3 Å². The first-order valence-corrected chi connectivity index (χ1v) is 7.99. The molecule has 0 saturated heterocycles. The van der Waals surface area contributed by atoms with Crippen LogP contribution in [0.4, 0.5) is 0 Å². The van der Waals surface area contributed by atoms with Crippen molar-refractivity contribution >= 4 is 29.8 Å². The molecule has 0 aliphatic carbocycles. The highest BCUT2D eigenvalue weighted by atomic mass is 32.1. The highest BCUT2D eigenvalue weighted by molar-refractivity contribution is 7.71. The van der Waals surface area contributed by atoms with Gasteiger partial charge in [0.05, 0.1) is 25.3 Å². The Hall–Kier alpha value is -2.45. The monoisotopic (exact) mass is 346 g/mol. The number of ether oxygens (including phenoxy) is 2. The van der Waals surface area contributed by atoms with Crippen LogP contribution in [0.3, 0.4) is 0 Å². The molecule has 0 spiro atoms. The molecule has 2 aromatic heterocycles. The maximum atomic E-state index is 5.34. The van der Waals surface area contributed by atoms with E-state index in [4.69, 9.17) is 21.7 Å². The number of hydrogen-bond donors (Lipinski definition) is 1. The van der Waals surface area contributed by atoms with Crippen molar-refractivity contribution < 1.29 is 9.47 Å². The van der Waals surface area contributed by atoms with Crippen LogP contribution in [0, 0.1) is 4.77 Å². The molecule has 0 unspecified atom stereocenters. The van der Waals surface area contributed by atoms with Crippen LogP contribution in [0.1, 0.15) is 5.56 Å². The maximum Gasteiger partial charge on any atom is 0.216 e. The molecule has 0 amide bonds. The Balaban J connectivity index is 2.01. The molecule has 0 radical (unpaired) electrons. The van der Waals surface area contributed by atoms with Gasteiger partial charge in [-0.2, -0.15) is 14.9 Å². The first-order chi connectivity index (χ1) is 11.2. The van der Waals surface area contributed by atoms with Gasteiger partial charge in [0.25, 0.3) is 0 Å². The average Bonchev–Trinajstić information content (AvgIpc) is 3.22. The fourth-order valence-corrected chi connectivity index (χ4v) is 2.90. The number of thiophene rings is 1. The van der Waals surface area contributed by atoms with Gasteiger partial charge in [-0.3, -0.25) is 0 Å². The fraction of sp³-hybridized carbons (Fsp3) is 0.133. The number of benzene rings is 1. The van der Waals surface area contributed by atoms with Crippen LogP contribution >= 0.6 is 23.6 Å². The minimum Gasteiger partial charge on any atom is -0.497 e. The molecule has 1 N–H and O–H groups in total. The number of hydrogen-bond acceptors (Lipinski definition) is 6. The lowest BCUT2D eigenvalue weighted by molar-refractivity contribution is 0.402. The Kier molecular flexibility index (Phi) is 4.54. The second-order valence-electron chi connectivity index (χ2n) is 4.49. The minimum absolute atomic E-state index is 0.423. The van der Waals surface area contributed by atoms with E-state index in [1.807, 2.05) is 35.7 Å². The third-order valence-corrected chi connectivity index (χ3v) is 4.27. The zero-order chi connectivity index (χ0) is 16.2. The van der Waals surface area contributed by atoms with Crippen molar-refractivity contribution in [1.82, 2.24) is 14.9 Å². The van der Waals surface area contributed by atoms with E-state index < -0.39 is 0 Å². The maximum absolute atomic E-state index is 5.34. The molecule has 3 aromatic rings. The van der Waals surface area contributed by atoms with Crippen molar-refractivity contribution in [3.63, 3.8) is 0 Å². The van der Waals surface area contributed by atoms with Gasteiger partial charge in [-0.1, -0.05) is 6.07 Å². The molecule has 0 fully saturated rings. The van der Waals surface area contributed by atoms with Crippen LogP contribution < -0.4 is 9.47 Å². The van der Waals surface area contributed by atoms with Gasteiger partial charge in [-0.05, 0) is 41.9 Å². The van der Waals surface area contributed by atoms with Crippen LogP contribution in [0.5, 0.6) is 11.5 Å². The summed E-state index contributed by atoms with van der Waals surface area (Å²) in [6.07, 6.45) is 1.67. The molecular weight excluding hydrogens is 332 g/mol. The summed E-state index contributed by atoms with van der Waals surface area (Å²) in [5.41, 5.74) is 0.784. The van der Waals surface area contributed by atoms with Crippen molar-refractivity contribution in [3.8, 4) is 22.2 Å². The predicted molar refractivity (Wildman–Crippen MR) is 93.3 cm³/mol. The lowest BCUT2D eigenvalue weighted by Gasteiger charge is -2.06. The van der Waals surface area contributed by atoms with Crippen molar-refractivity contribution in [1.29, 1.82) is 0 Å². The van der Waals surface area contributed by atoms with Gasteiger partial charge in [0.15, 0.2) is 5.82 Å². The summed E-state index contributed by atoms with van der Waals surface area (Å²) in [6, 6.07) is 9.42. The van der Waals surface area contributed by atoms with E-state index >= 15 is 0 Å². The fourth-order valence-electron chi connectivity index (χ4n) is 2.02. The Morgan fingerprint density at radius 2 is 2.17 bits per heavy atom. The summed E-state index contributed by atoms with van der Waals surface area (Å²) >= 11 is 6.82. The molecule has 0 bridgehead atoms. The molecule has 0 saturated carbocycles. The number of nitrogens with one attached hydrogen (secondary N) is 1. The number of nitrogens with zero attached hydrogens (tertiary/aromatic N) is 3. The van der Waals surface area contributed by atoms with Gasteiger partial charge >= 0.3 is 0 Å². The third kappa shape index (κ3) is 3.17. The zero-order valence-electron chi connectivity index (χ0n) is 12.5. The van der Waals surface area contributed by atoms with Crippen molar-refractivity contribution in [3.05, 3.63) is 46.0 Å². The van der Waals surface area contributed by atoms with Gasteiger partial charge in [-0.15, -0.1) is 11.3 Å². The second kappa shape index (κ2) is 6.76. The number of methoxy groups -OCH3 is 2. The second-order valence-corrected chi connectivity index (χ2v) is 5.83. The summed E-state index contributed by atoms with van der Waals surface area (Å²) in [7, 11) is 3.23. The summed E-state index contributed by atoms with van der Waals surface area (Å²) in [4.78, 5) is 0.979. The quantitative estimate of drug-likeness (QED) is 0.567. The molecule has 0 atom stereocenters. The lowest BCUT2D eigenvalue weighted by Crippen LogP contribution is -1.96. The Morgan fingerprint density at radius 1 is 1.30 bits per heavy atom. The molecule has 0 aliphatic heterocycles. The summed E-state index contributed by atoms with van der Waals surface area (Å²) in [5, 5.41) is 13.4. The van der Waals surface area contributed by atoms with E-state index in [2.05, 4.69) is 15.3 Å². The van der Waals surface area contributed by atoms with Crippen molar-refractivity contribution in [2.45, 2.75) is 0 Å². The normalized spacial score (nSPS) is 11.0. The van der Waals surface area contributed by atoms with E-state index in [0.717, 1.165) is 16.2 Å². The van der Waals surface area contributed by atoms with E-state index in [1.54, 1.807) is 36.4 Å². The molecule has 6 nitrogen and oxygen atoms in total. The van der Waals surface area contributed by atoms with Gasteiger partial charge in [-0.25, -0.2) is 5.10 Å². The van der Waals surface area contributed by atoms with E-state index in [-0.39, 0.29) is 0 Å². The number of aromatic amines is 1. The summed E-state index contributed by atoms with van der Waals surface area (Å²) in [6.45, 7) is 0.